The van der Waals surface area contributed by atoms with Gasteiger partial charge in [0.1, 0.15) is 6.10 Å². The van der Waals surface area contributed by atoms with Crippen LogP contribution in [0.2, 0.25) is 0 Å². The first-order valence-electron chi connectivity index (χ1n) is 9.15. The third kappa shape index (κ3) is 4.23. The number of hydrogen-bond donors (Lipinski definition) is 0. The second kappa shape index (κ2) is 7.15. The molecule has 4 unspecified atom stereocenters. The summed E-state index contributed by atoms with van der Waals surface area (Å²) in [6.07, 6.45) is 11.0. The Kier molecular flexibility index (Phi) is 5.73. The van der Waals surface area contributed by atoms with Crippen molar-refractivity contribution < 1.29 is 9.53 Å². The molecule has 0 aliphatic heterocycles. The molecule has 0 aromatic carbocycles. The van der Waals surface area contributed by atoms with Gasteiger partial charge >= 0.3 is 5.97 Å². The Morgan fingerprint density at radius 3 is 2.43 bits per heavy atom. The van der Waals surface area contributed by atoms with Crippen LogP contribution in [0.1, 0.15) is 85.5 Å². The third-order valence-corrected chi connectivity index (χ3v) is 5.90. The normalized spacial score (nSPS) is 32.3. The van der Waals surface area contributed by atoms with Crippen molar-refractivity contribution in [3.63, 3.8) is 0 Å². The summed E-state index contributed by atoms with van der Waals surface area (Å²) in [6.45, 7) is 8.58. The zero-order chi connectivity index (χ0) is 15.5. The lowest BCUT2D eigenvalue weighted by Crippen LogP contribution is -2.38. The maximum absolute atomic E-state index is 12.6. The Morgan fingerprint density at radius 1 is 1.14 bits per heavy atom. The quantitative estimate of drug-likeness (QED) is 0.639. The molecule has 0 N–H and O–H groups in total. The van der Waals surface area contributed by atoms with E-state index in [1.165, 1.54) is 32.1 Å². The van der Waals surface area contributed by atoms with Gasteiger partial charge in [0.15, 0.2) is 0 Å². The van der Waals surface area contributed by atoms with Crippen molar-refractivity contribution in [2.45, 2.75) is 91.6 Å². The van der Waals surface area contributed by atoms with E-state index in [2.05, 4.69) is 27.7 Å². The van der Waals surface area contributed by atoms with Gasteiger partial charge < -0.3 is 4.74 Å². The summed E-state index contributed by atoms with van der Waals surface area (Å²) in [4.78, 5) is 12.6. The smallest absolute Gasteiger partial charge is 0.312 e. The zero-order valence-electron chi connectivity index (χ0n) is 14.5. The predicted octanol–water partition coefficient (Wildman–Crippen LogP) is 5.35. The Morgan fingerprint density at radius 2 is 1.81 bits per heavy atom. The summed E-state index contributed by atoms with van der Waals surface area (Å²) in [7, 11) is 0. The summed E-state index contributed by atoms with van der Waals surface area (Å²) >= 11 is 0. The number of rotatable bonds is 5. The van der Waals surface area contributed by atoms with Crippen molar-refractivity contribution in [1.29, 1.82) is 0 Å². The second-order valence-electron chi connectivity index (χ2n) is 8.16. The van der Waals surface area contributed by atoms with Crippen LogP contribution in [0.3, 0.4) is 0 Å². The topological polar surface area (TPSA) is 26.3 Å². The third-order valence-electron chi connectivity index (χ3n) is 5.90. The molecular weight excluding hydrogens is 260 g/mol. The van der Waals surface area contributed by atoms with Crippen LogP contribution in [-0.4, -0.2) is 12.1 Å². The van der Waals surface area contributed by atoms with E-state index in [1.807, 2.05) is 0 Å². The Balaban J connectivity index is 1.90. The van der Waals surface area contributed by atoms with E-state index in [0.717, 1.165) is 37.5 Å². The molecule has 21 heavy (non-hydrogen) atoms. The molecule has 2 nitrogen and oxygen atoms in total. The van der Waals surface area contributed by atoms with Crippen molar-refractivity contribution >= 4 is 5.97 Å². The molecule has 0 spiro atoms. The SMILES string of the molecule is CCC(C)(CC(C)C)C(=O)OC1CCC2CCCCC2C1. The van der Waals surface area contributed by atoms with Crippen molar-refractivity contribution in [2.24, 2.45) is 23.2 Å². The van der Waals surface area contributed by atoms with Crippen LogP contribution >= 0.6 is 0 Å². The van der Waals surface area contributed by atoms with E-state index in [0.29, 0.717) is 5.92 Å². The fourth-order valence-corrected chi connectivity index (χ4v) is 4.50. The van der Waals surface area contributed by atoms with Gasteiger partial charge in [0.05, 0.1) is 5.41 Å². The largest absolute Gasteiger partial charge is 0.462 e. The van der Waals surface area contributed by atoms with E-state index in [-0.39, 0.29) is 17.5 Å². The van der Waals surface area contributed by atoms with Crippen LogP contribution in [0.15, 0.2) is 0 Å². The minimum Gasteiger partial charge on any atom is -0.462 e. The molecule has 0 radical (unpaired) electrons. The highest BCUT2D eigenvalue weighted by Crippen LogP contribution is 2.42. The molecule has 0 aromatic rings. The second-order valence-corrected chi connectivity index (χ2v) is 8.16. The van der Waals surface area contributed by atoms with Gasteiger partial charge in [-0.1, -0.05) is 46.5 Å². The van der Waals surface area contributed by atoms with Crippen molar-refractivity contribution in [3.05, 3.63) is 0 Å². The maximum Gasteiger partial charge on any atom is 0.312 e. The zero-order valence-corrected chi connectivity index (χ0v) is 14.5. The van der Waals surface area contributed by atoms with Gasteiger partial charge in [-0.25, -0.2) is 0 Å². The summed E-state index contributed by atoms with van der Waals surface area (Å²) in [6, 6.07) is 0. The van der Waals surface area contributed by atoms with Gasteiger partial charge in [-0.3, -0.25) is 4.79 Å². The first kappa shape index (κ1) is 16.8. The van der Waals surface area contributed by atoms with E-state index in [9.17, 15) is 4.79 Å². The fraction of sp³-hybridized carbons (Fsp3) is 0.947. The number of fused-ring (bicyclic) bond motifs is 1. The lowest BCUT2D eigenvalue weighted by Gasteiger charge is -2.40. The van der Waals surface area contributed by atoms with Crippen LogP contribution in [0.4, 0.5) is 0 Å². The van der Waals surface area contributed by atoms with Gasteiger partial charge in [-0.15, -0.1) is 0 Å². The minimum absolute atomic E-state index is 0.0537. The summed E-state index contributed by atoms with van der Waals surface area (Å²) < 4.78 is 5.96. The Labute approximate surface area is 131 Å². The van der Waals surface area contributed by atoms with Gasteiger partial charge in [0, 0.05) is 0 Å². The fourth-order valence-electron chi connectivity index (χ4n) is 4.50. The minimum atomic E-state index is -0.294. The molecule has 2 saturated carbocycles. The Hall–Kier alpha value is -0.530. The summed E-state index contributed by atoms with van der Waals surface area (Å²) in [5, 5.41) is 0. The van der Waals surface area contributed by atoms with E-state index >= 15 is 0 Å². The molecule has 2 aliphatic rings. The van der Waals surface area contributed by atoms with E-state index < -0.39 is 0 Å². The molecule has 0 aromatic heterocycles. The van der Waals surface area contributed by atoms with Crippen LogP contribution in [0, 0.1) is 23.2 Å². The standard InChI is InChI=1S/C19H34O2/c1-5-19(4,13-14(2)3)18(20)21-17-11-10-15-8-6-7-9-16(15)12-17/h14-17H,5-13H2,1-4H3. The number of hydrogen-bond acceptors (Lipinski definition) is 2. The summed E-state index contributed by atoms with van der Waals surface area (Å²) in [5.74, 6) is 2.33. The highest BCUT2D eigenvalue weighted by atomic mass is 16.5. The monoisotopic (exact) mass is 294 g/mol. The molecule has 4 atom stereocenters. The highest BCUT2D eigenvalue weighted by molar-refractivity contribution is 5.76. The first-order valence-corrected chi connectivity index (χ1v) is 9.15. The van der Waals surface area contributed by atoms with Gasteiger partial charge in [0.25, 0.3) is 0 Å². The molecule has 2 rings (SSSR count). The van der Waals surface area contributed by atoms with Crippen LogP contribution in [-0.2, 0) is 9.53 Å². The first-order chi connectivity index (χ1) is 9.94. The average molecular weight is 294 g/mol. The number of ether oxygens (including phenoxy) is 1. The molecular formula is C19H34O2. The highest BCUT2D eigenvalue weighted by Gasteiger charge is 2.38. The number of esters is 1. The molecule has 0 bridgehead atoms. The van der Waals surface area contributed by atoms with Crippen molar-refractivity contribution in [1.82, 2.24) is 0 Å². The number of carbonyl (C=O) groups excluding carboxylic acids is 1. The van der Waals surface area contributed by atoms with Crippen LogP contribution in [0.5, 0.6) is 0 Å². The van der Waals surface area contributed by atoms with Crippen LogP contribution in [0.25, 0.3) is 0 Å². The lowest BCUT2D eigenvalue weighted by molar-refractivity contribution is -0.165. The molecule has 0 amide bonds. The van der Waals surface area contributed by atoms with Crippen LogP contribution < -0.4 is 0 Å². The van der Waals surface area contributed by atoms with Gasteiger partial charge in [0.2, 0.25) is 0 Å². The Bertz CT molecular complexity index is 349. The number of carbonyl (C=O) groups is 1. The van der Waals surface area contributed by atoms with E-state index in [1.54, 1.807) is 0 Å². The van der Waals surface area contributed by atoms with E-state index in [4.69, 9.17) is 4.74 Å². The molecule has 0 saturated heterocycles. The van der Waals surface area contributed by atoms with Crippen molar-refractivity contribution in [3.8, 4) is 0 Å². The predicted molar refractivity (Wildman–Crippen MR) is 87.0 cm³/mol. The van der Waals surface area contributed by atoms with Gasteiger partial charge in [-0.05, 0) is 56.8 Å². The summed E-state index contributed by atoms with van der Waals surface area (Å²) in [5.41, 5.74) is -0.294. The molecule has 2 heteroatoms. The molecule has 2 fully saturated rings. The maximum atomic E-state index is 12.6. The lowest BCUT2D eigenvalue weighted by atomic mass is 9.70. The molecule has 2 aliphatic carbocycles. The van der Waals surface area contributed by atoms with Crippen molar-refractivity contribution in [2.75, 3.05) is 0 Å². The molecule has 122 valence electrons. The van der Waals surface area contributed by atoms with Gasteiger partial charge in [-0.2, -0.15) is 0 Å². The molecule has 0 heterocycles. The average Bonchev–Trinajstić information content (AvgIpc) is 2.46.